The summed E-state index contributed by atoms with van der Waals surface area (Å²) in [5, 5.41) is 4.75. The van der Waals surface area contributed by atoms with E-state index in [4.69, 9.17) is 5.14 Å². The number of hydrogen-bond acceptors (Lipinski definition) is 4. The lowest BCUT2D eigenvalue weighted by atomic mass is 10.7. The van der Waals surface area contributed by atoms with Crippen LogP contribution in [0.3, 0.4) is 0 Å². The van der Waals surface area contributed by atoms with Crippen molar-refractivity contribution < 1.29 is 8.42 Å². The fourth-order valence-electron chi connectivity index (χ4n) is 0.432. The van der Waals surface area contributed by atoms with Gasteiger partial charge in [0.25, 0.3) is 0 Å². The smallest absolute Gasteiger partial charge is 0.241 e. The van der Waals surface area contributed by atoms with E-state index < -0.39 is 10.0 Å². The van der Waals surface area contributed by atoms with E-state index in [0.29, 0.717) is 0 Å². The van der Waals surface area contributed by atoms with Crippen molar-refractivity contribution in [3.8, 4) is 0 Å². The van der Waals surface area contributed by atoms with Gasteiger partial charge in [-0.15, -0.1) is 0 Å². The minimum atomic E-state index is -3.63. The quantitative estimate of drug-likeness (QED) is 0.576. The normalized spacial score (nSPS) is 11.3. The fraction of sp³-hybridized carbons (Fsp3) is 0. The van der Waals surface area contributed by atoms with Crippen molar-refractivity contribution in [1.29, 1.82) is 0 Å². The molecule has 0 aliphatic carbocycles. The lowest BCUT2D eigenvalue weighted by molar-refractivity contribution is 0.597. The maximum atomic E-state index is 10.5. The maximum absolute atomic E-state index is 10.5. The zero-order valence-electron chi connectivity index (χ0n) is 4.93. The van der Waals surface area contributed by atoms with Crippen LogP contribution in [0.5, 0.6) is 0 Å². The van der Waals surface area contributed by atoms with Gasteiger partial charge >= 0.3 is 0 Å². The predicted octanol–water partition coefficient (Wildman–Crippen LogP) is -0.876. The number of nitrogens with two attached hydrogens (primary N) is 1. The molecule has 0 aliphatic rings. The van der Waals surface area contributed by atoms with Crippen LogP contribution in [0, 0.1) is 0 Å². The summed E-state index contributed by atoms with van der Waals surface area (Å²) < 4.78 is 21.1. The minimum absolute atomic E-state index is 0.0741. The fourth-order valence-corrected chi connectivity index (χ4v) is 0.848. The Balaban J connectivity index is 3.22. The highest BCUT2D eigenvalue weighted by Crippen LogP contribution is 1.98. The van der Waals surface area contributed by atoms with Gasteiger partial charge in [-0.05, 0) is 0 Å². The van der Waals surface area contributed by atoms with Crippen LogP contribution in [0.4, 0.5) is 0 Å². The molecule has 10 heavy (non-hydrogen) atoms. The van der Waals surface area contributed by atoms with Gasteiger partial charge in [0, 0.05) is 0 Å². The van der Waals surface area contributed by atoms with E-state index >= 15 is 0 Å². The summed E-state index contributed by atoms with van der Waals surface area (Å²) in [6.45, 7) is 0. The lowest BCUT2D eigenvalue weighted by Gasteiger charge is -1.92. The summed E-state index contributed by atoms with van der Waals surface area (Å²) in [6.07, 6.45) is 3.51. The molecule has 0 unspecified atom stereocenters. The van der Waals surface area contributed by atoms with Gasteiger partial charge in [0.1, 0.15) is 11.2 Å². The SMILES string of the molecule is NS(=O)(=O)c1cncnc1. The van der Waals surface area contributed by atoms with Crippen molar-refractivity contribution in [2.75, 3.05) is 0 Å². The van der Waals surface area contributed by atoms with E-state index in [-0.39, 0.29) is 4.90 Å². The van der Waals surface area contributed by atoms with Gasteiger partial charge in [0.2, 0.25) is 10.0 Å². The molecule has 5 nitrogen and oxygen atoms in total. The number of primary sulfonamides is 1. The number of rotatable bonds is 1. The molecular formula is C4H5N3O2S. The van der Waals surface area contributed by atoms with Crippen LogP contribution in [-0.2, 0) is 10.0 Å². The summed E-state index contributed by atoms with van der Waals surface area (Å²) in [5.74, 6) is 0. The van der Waals surface area contributed by atoms with E-state index in [1.54, 1.807) is 0 Å². The number of aromatic nitrogens is 2. The summed E-state index contributed by atoms with van der Waals surface area (Å²) in [5.41, 5.74) is 0. The average molecular weight is 159 g/mol. The zero-order chi connectivity index (χ0) is 7.61. The molecule has 0 saturated heterocycles. The lowest BCUT2D eigenvalue weighted by Crippen LogP contribution is -2.12. The Bertz CT molecular complexity index is 307. The molecule has 1 aromatic heterocycles. The molecule has 6 heteroatoms. The molecule has 2 N–H and O–H groups in total. The van der Waals surface area contributed by atoms with E-state index in [1.807, 2.05) is 0 Å². The minimum Gasteiger partial charge on any atom is -0.243 e. The van der Waals surface area contributed by atoms with Crippen LogP contribution < -0.4 is 5.14 Å². The number of nitrogens with zero attached hydrogens (tertiary/aromatic N) is 2. The van der Waals surface area contributed by atoms with Crippen molar-refractivity contribution in [2.45, 2.75) is 4.90 Å². The number of hydrogen-bond donors (Lipinski definition) is 1. The van der Waals surface area contributed by atoms with Crippen LogP contribution in [0.25, 0.3) is 0 Å². The van der Waals surface area contributed by atoms with Gasteiger partial charge in [-0.25, -0.2) is 23.5 Å². The van der Waals surface area contributed by atoms with Gasteiger partial charge in [-0.1, -0.05) is 0 Å². The molecule has 1 aromatic rings. The molecule has 0 radical (unpaired) electrons. The Hall–Kier alpha value is -1.01. The molecule has 0 fully saturated rings. The summed E-state index contributed by atoms with van der Waals surface area (Å²) >= 11 is 0. The van der Waals surface area contributed by atoms with Crippen LogP contribution in [0.1, 0.15) is 0 Å². The molecule has 1 rings (SSSR count). The van der Waals surface area contributed by atoms with Crippen molar-refractivity contribution in [1.82, 2.24) is 9.97 Å². The van der Waals surface area contributed by atoms with E-state index in [0.717, 1.165) is 12.4 Å². The van der Waals surface area contributed by atoms with Crippen molar-refractivity contribution in [2.24, 2.45) is 5.14 Å². The first-order valence-corrected chi connectivity index (χ1v) is 3.93. The van der Waals surface area contributed by atoms with Crippen molar-refractivity contribution >= 4 is 10.0 Å². The average Bonchev–Trinajstić information content (AvgIpc) is 1.88. The topological polar surface area (TPSA) is 85.9 Å². The Morgan fingerprint density at radius 3 is 2.10 bits per heavy atom. The summed E-state index contributed by atoms with van der Waals surface area (Å²) in [6, 6.07) is 0. The second-order valence-electron chi connectivity index (χ2n) is 1.62. The monoisotopic (exact) mass is 159 g/mol. The zero-order valence-corrected chi connectivity index (χ0v) is 5.75. The van der Waals surface area contributed by atoms with Crippen LogP contribution in [0.15, 0.2) is 23.6 Å². The first-order chi connectivity index (χ1) is 4.61. The Labute approximate surface area is 58.0 Å². The Morgan fingerprint density at radius 1 is 1.30 bits per heavy atom. The summed E-state index contributed by atoms with van der Waals surface area (Å²) in [7, 11) is -3.63. The molecule has 0 amide bonds. The van der Waals surface area contributed by atoms with Gasteiger partial charge in [-0.2, -0.15) is 0 Å². The molecule has 0 aliphatic heterocycles. The molecule has 0 saturated carbocycles. The van der Waals surface area contributed by atoms with Crippen LogP contribution >= 0.6 is 0 Å². The summed E-state index contributed by atoms with van der Waals surface area (Å²) in [4.78, 5) is 6.89. The van der Waals surface area contributed by atoms with E-state index in [2.05, 4.69) is 9.97 Å². The van der Waals surface area contributed by atoms with Gasteiger partial charge in [0.15, 0.2) is 0 Å². The molecule has 1 heterocycles. The van der Waals surface area contributed by atoms with Crippen LogP contribution in [-0.4, -0.2) is 18.4 Å². The molecule has 54 valence electrons. The Morgan fingerprint density at radius 2 is 1.80 bits per heavy atom. The Kier molecular flexibility index (Phi) is 1.64. The van der Waals surface area contributed by atoms with Crippen LogP contribution in [0.2, 0.25) is 0 Å². The third-order valence-electron chi connectivity index (χ3n) is 0.865. The van der Waals surface area contributed by atoms with Crippen molar-refractivity contribution in [3.05, 3.63) is 18.7 Å². The third-order valence-corrected chi connectivity index (χ3v) is 1.73. The molecule has 0 aromatic carbocycles. The molecular weight excluding hydrogens is 154 g/mol. The second-order valence-corrected chi connectivity index (χ2v) is 3.18. The largest absolute Gasteiger partial charge is 0.243 e. The van der Waals surface area contributed by atoms with Gasteiger partial charge in [0.05, 0.1) is 12.4 Å². The third kappa shape index (κ3) is 1.49. The highest BCUT2D eigenvalue weighted by atomic mass is 32.2. The van der Waals surface area contributed by atoms with Gasteiger partial charge in [-0.3, -0.25) is 0 Å². The second kappa shape index (κ2) is 2.31. The van der Waals surface area contributed by atoms with E-state index in [1.165, 1.54) is 6.33 Å². The first kappa shape index (κ1) is 7.10. The van der Waals surface area contributed by atoms with Gasteiger partial charge < -0.3 is 0 Å². The van der Waals surface area contributed by atoms with E-state index in [9.17, 15) is 8.42 Å². The highest BCUT2D eigenvalue weighted by Gasteiger charge is 2.05. The predicted molar refractivity (Wildman–Crippen MR) is 33.4 cm³/mol. The number of sulfonamides is 1. The standard InChI is InChI=1S/C4H5N3O2S/c5-10(8,9)4-1-6-3-7-2-4/h1-3H,(H2,5,8,9). The molecule has 0 atom stereocenters. The molecule has 0 spiro atoms. The molecule has 0 bridgehead atoms. The van der Waals surface area contributed by atoms with Crippen molar-refractivity contribution in [3.63, 3.8) is 0 Å². The highest BCUT2D eigenvalue weighted by molar-refractivity contribution is 7.89. The first-order valence-electron chi connectivity index (χ1n) is 2.38. The maximum Gasteiger partial charge on any atom is 0.241 e.